The molecule has 2 aliphatic heterocycles. The summed E-state index contributed by atoms with van der Waals surface area (Å²) in [5.41, 5.74) is -6.22. The third-order valence-corrected chi connectivity index (χ3v) is 14.4. The standard InChI is InChI=1S/C12H19F3O.C10H15F3OS.C10H17F3O.3C5H8O2/c1-11(16,12(13,14)15)7-10-6-8-2-4-9(10)5-3-8;1-9(14,10(11,12)13)5-6-4-7-2-3-8(6)15-7;1-9(14,10(11,12)13)7-8-5-3-2-4-6-8;3*1-4(2)5(6)7-3/h8-10,16H,2-7H2,1H3;6-8,14H,2-5H2,1H3;8,14H,2-7H2,1H3;3*1H2,2-3H3. The number of esters is 3. The Kier molecular flexibility index (Phi) is 26.3. The number of halogens is 9. The van der Waals surface area contributed by atoms with Gasteiger partial charge in [0.05, 0.1) is 21.3 Å². The summed E-state index contributed by atoms with van der Waals surface area (Å²) in [4.78, 5) is 30.6. The van der Waals surface area contributed by atoms with Crippen LogP contribution in [0.4, 0.5) is 39.5 Å². The Labute approximate surface area is 389 Å². The molecule has 6 fully saturated rings. The lowest BCUT2D eigenvalue weighted by atomic mass is 9.62. The smallest absolute Gasteiger partial charge is 0.416 e. The second-order valence-electron chi connectivity index (χ2n) is 18.9. The van der Waals surface area contributed by atoms with Crippen molar-refractivity contribution in [3.63, 3.8) is 0 Å². The van der Waals surface area contributed by atoms with Crippen LogP contribution in [0.25, 0.3) is 0 Å². The summed E-state index contributed by atoms with van der Waals surface area (Å²) in [5.74, 6) is 0.146. The molecule has 0 radical (unpaired) electrons. The van der Waals surface area contributed by atoms with Crippen molar-refractivity contribution >= 4 is 29.7 Å². The van der Waals surface area contributed by atoms with E-state index in [0.29, 0.717) is 39.1 Å². The molecule has 4 bridgehead atoms. The molecule has 4 saturated carbocycles. The third kappa shape index (κ3) is 22.1. The maximum atomic E-state index is 12.6. The van der Waals surface area contributed by atoms with Crippen molar-refractivity contribution in [2.75, 3.05) is 21.3 Å². The third-order valence-electron chi connectivity index (χ3n) is 12.6. The molecule has 3 N–H and O–H groups in total. The van der Waals surface area contributed by atoms with Crippen LogP contribution in [-0.4, -0.2) is 100 Å². The van der Waals surface area contributed by atoms with E-state index in [4.69, 9.17) is 0 Å². The molecule has 2 saturated heterocycles. The first kappa shape index (κ1) is 63.2. The lowest BCUT2D eigenvalue weighted by Gasteiger charge is -2.44. The predicted molar refractivity (Wildman–Crippen MR) is 237 cm³/mol. The van der Waals surface area contributed by atoms with Gasteiger partial charge in [-0.3, -0.25) is 0 Å². The summed E-state index contributed by atoms with van der Waals surface area (Å²) in [6, 6.07) is 0. The quantitative estimate of drug-likeness (QED) is 0.0885. The molecule has 0 amide bonds. The summed E-state index contributed by atoms with van der Waals surface area (Å²) in [5, 5.41) is 29.1. The van der Waals surface area contributed by atoms with Crippen LogP contribution >= 0.6 is 11.8 Å². The Morgan fingerprint density at radius 2 is 0.894 bits per heavy atom. The molecule has 4 aliphatic carbocycles. The molecule has 2 heterocycles. The summed E-state index contributed by atoms with van der Waals surface area (Å²) < 4.78 is 125. The van der Waals surface area contributed by atoms with Gasteiger partial charge in [-0.2, -0.15) is 51.3 Å². The maximum absolute atomic E-state index is 12.6. The Bertz CT molecular complexity index is 1480. The van der Waals surface area contributed by atoms with Crippen LogP contribution in [0.15, 0.2) is 36.5 Å². The normalized spacial score (nSPS) is 26.0. The van der Waals surface area contributed by atoms with Gasteiger partial charge in [-0.25, -0.2) is 14.4 Å². The first-order chi connectivity index (χ1) is 30.0. The number of rotatable bonds is 9. The van der Waals surface area contributed by atoms with Crippen molar-refractivity contribution in [3.8, 4) is 0 Å². The number of aliphatic hydroxyl groups is 3. The second kappa shape index (κ2) is 27.4. The number of thioether (sulfide) groups is 1. The summed E-state index contributed by atoms with van der Waals surface area (Å²) in [7, 11) is 3.99. The fourth-order valence-corrected chi connectivity index (χ4v) is 10.4. The zero-order chi connectivity index (χ0) is 51.6. The molecule has 9 nitrogen and oxygen atoms in total. The van der Waals surface area contributed by atoms with Crippen LogP contribution in [0.3, 0.4) is 0 Å². The van der Waals surface area contributed by atoms with E-state index in [-0.39, 0.29) is 54.9 Å². The van der Waals surface area contributed by atoms with Crippen molar-refractivity contribution in [2.45, 2.75) is 190 Å². The first-order valence-corrected chi connectivity index (χ1v) is 23.1. The van der Waals surface area contributed by atoms with Gasteiger partial charge in [-0.1, -0.05) is 64.7 Å². The van der Waals surface area contributed by atoms with Crippen molar-refractivity contribution < 1.29 is 83.4 Å². The van der Waals surface area contributed by atoms with Crippen molar-refractivity contribution in [1.82, 2.24) is 0 Å². The highest BCUT2D eigenvalue weighted by molar-refractivity contribution is 8.01. The number of hydrogen-bond acceptors (Lipinski definition) is 10. The van der Waals surface area contributed by atoms with E-state index in [2.05, 4.69) is 33.9 Å². The number of ether oxygens (including phenoxy) is 3. The molecule has 66 heavy (non-hydrogen) atoms. The molecule has 386 valence electrons. The van der Waals surface area contributed by atoms with Crippen LogP contribution in [-0.2, 0) is 28.6 Å². The SMILES string of the molecule is C=C(C)C(=O)OC.C=C(C)C(=O)OC.C=C(C)C(=O)OC.CC(O)(CC1CC2CCC1CC2)C(F)(F)F.CC(O)(CC1CC2CCC1S2)C(F)(F)F.CC(O)(CC1CCCCC1)C(F)(F)F. The van der Waals surface area contributed by atoms with Crippen LogP contribution in [0.2, 0.25) is 0 Å². The average molecular weight is 987 g/mol. The lowest BCUT2D eigenvalue weighted by molar-refractivity contribution is -0.261. The molecule has 6 aliphatic rings. The highest BCUT2D eigenvalue weighted by Gasteiger charge is 2.54. The van der Waals surface area contributed by atoms with Crippen LogP contribution in [0.1, 0.15) is 144 Å². The number of hydrogen-bond donors (Lipinski definition) is 3. The van der Waals surface area contributed by atoms with Gasteiger partial charge in [0.15, 0.2) is 16.8 Å². The first-order valence-electron chi connectivity index (χ1n) is 22.2. The zero-order valence-electron chi connectivity index (χ0n) is 40.1. The summed E-state index contributed by atoms with van der Waals surface area (Å²) in [6.07, 6.45) is -0.754. The largest absolute Gasteiger partial charge is 0.466 e. The van der Waals surface area contributed by atoms with E-state index < -0.39 is 35.3 Å². The van der Waals surface area contributed by atoms with E-state index >= 15 is 0 Å². The molecule has 19 heteroatoms. The predicted octanol–water partition coefficient (Wildman–Crippen LogP) is 12.0. The van der Waals surface area contributed by atoms with Crippen molar-refractivity contribution in [3.05, 3.63) is 36.5 Å². The van der Waals surface area contributed by atoms with Gasteiger partial charge in [0, 0.05) is 27.2 Å². The minimum Gasteiger partial charge on any atom is -0.466 e. The second-order valence-corrected chi connectivity index (χ2v) is 20.4. The topological polar surface area (TPSA) is 140 Å². The number of carbonyl (C=O) groups excluding carboxylic acids is 3. The van der Waals surface area contributed by atoms with E-state index in [1.807, 2.05) is 11.8 Å². The van der Waals surface area contributed by atoms with Gasteiger partial charge >= 0.3 is 36.4 Å². The lowest BCUT2D eigenvalue weighted by Crippen LogP contribution is -2.46. The molecular weight excluding hydrogens is 912 g/mol. The van der Waals surface area contributed by atoms with E-state index in [1.54, 1.807) is 20.8 Å². The molecule has 7 atom stereocenters. The highest BCUT2D eigenvalue weighted by Crippen LogP contribution is 2.53. The minimum absolute atomic E-state index is 0.0420. The monoisotopic (exact) mass is 986 g/mol. The number of alkyl halides is 9. The van der Waals surface area contributed by atoms with Crippen LogP contribution in [0, 0.1) is 29.6 Å². The molecule has 0 aromatic carbocycles. The molecular formula is C47H75F9O9S. The van der Waals surface area contributed by atoms with Gasteiger partial charge in [-0.05, 0) is 129 Å². The average Bonchev–Trinajstić information content (AvgIpc) is 3.84. The Morgan fingerprint density at radius 1 is 0.530 bits per heavy atom. The molecule has 0 aromatic heterocycles. The Balaban J connectivity index is 0.000000798. The van der Waals surface area contributed by atoms with Gasteiger partial charge in [0.1, 0.15) is 0 Å². The van der Waals surface area contributed by atoms with E-state index in [9.17, 15) is 69.2 Å². The number of methoxy groups -OCH3 is 3. The van der Waals surface area contributed by atoms with Gasteiger partial charge < -0.3 is 29.5 Å². The summed E-state index contributed by atoms with van der Waals surface area (Å²) in [6.45, 7) is 17.5. The Hall–Kier alpha value is -2.77. The maximum Gasteiger partial charge on any atom is 0.416 e. The number of carbonyl (C=O) groups is 3. The van der Waals surface area contributed by atoms with Crippen LogP contribution < -0.4 is 0 Å². The van der Waals surface area contributed by atoms with E-state index in [0.717, 1.165) is 91.4 Å². The zero-order valence-corrected chi connectivity index (χ0v) is 40.9. The fraction of sp³-hybridized carbons (Fsp3) is 0.809. The Morgan fingerprint density at radius 3 is 1.15 bits per heavy atom. The minimum atomic E-state index is -4.50. The van der Waals surface area contributed by atoms with E-state index in [1.165, 1.54) is 34.2 Å². The van der Waals surface area contributed by atoms with Gasteiger partial charge in [0.25, 0.3) is 0 Å². The van der Waals surface area contributed by atoms with Gasteiger partial charge in [-0.15, -0.1) is 0 Å². The molecule has 6 rings (SSSR count). The molecule has 7 unspecified atom stereocenters. The van der Waals surface area contributed by atoms with Crippen molar-refractivity contribution in [2.24, 2.45) is 29.6 Å². The molecule has 0 spiro atoms. The highest BCUT2D eigenvalue weighted by atomic mass is 32.2. The van der Waals surface area contributed by atoms with Crippen molar-refractivity contribution in [1.29, 1.82) is 0 Å². The number of fused-ring (bicyclic) bond motifs is 5. The van der Waals surface area contributed by atoms with Crippen LogP contribution in [0.5, 0.6) is 0 Å². The summed E-state index contributed by atoms with van der Waals surface area (Å²) >= 11 is 1.81. The molecule has 0 aromatic rings. The fourth-order valence-electron chi connectivity index (χ4n) is 8.57. The van der Waals surface area contributed by atoms with Gasteiger partial charge in [0.2, 0.25) is 0 Å².